The van der Waals surface area contributed by atoms with E-state index in [1.807, 2.05) is 0 Å². The molecule has 1 unspecified atom stereocenters. The van der Waals surface area contributed by atoms with E-state index < -0.39 is 35.4 Å². The van der Waals surface area contributed by atoms with Crippen LogP contribution in [0.4, 0.5) is 29.5 Å². The van der Waals surface area contributed by atoms with Crippen LogP contribution in [0.25, 0.3) is 10.9 Å². The number of anilines is 2. The molecule has 3 aromatic rings. The maximum Gasteiger partial charge on any atom is 0.319 e. The Morgan fingerprint density at radius 3 is 2.64 bits per heavy atom. The molecule has 3 amide bonds. The molecule has 184 valence electrons. The molecule has 36 heavy (non-hydrogen) atoms. The first kappa shape index (κ1) is 24.3. The van der Waals surface area contributed by atoms with Gasteiger partial charge in [0, 0.05) is 29.0 Å². The van der Waals surface area contributed by atoms with E-state index in [9.17, 15) is 22.8 Å². The van der Waals surface area contributed by atoms with Gasteiger partial charge < -0.3 is 21.3 Å². The van der Waals surface area contributed by atoms with Crippen molar-refractivity contribution in [1.82, 2.24) is 20.8 Å². The van der Waals surface area contributed by atoms with Crippen molar-refractivity contribution in [3.63, 3.8) is 0 Å². The molecule has 1 aliphatic heterocycles. The molecule has 0 saturated carbocycles. The van der Waals surface area contributed by atoms with E-state index in [-0.39, 0.29) is 16.8 Å². The molecule has 0 radical (unpaired) electrons. The monoisotopic (exact) mass is 494 g/mol. The topological polar surface area (TPSA) is 111 Å². The number of benzene rings is 2. The largest absolute Gasteiger partial charge is 0.345 e. The van der Waals surface area contributed by atoms with Gasteiger partial charge in [-0.25, -0.2) is 18.0 Å². The minimum atomic E-state index is -1.08. The number of urea groups is 1. The summed E-state index contributed by atoms with van der Waals surface area (Å²) < 4.78 is 40.8. The van der Waals surface area contributed by atoms with Crippen molar-refractivity contribution in [2.24, 2.45) is 0 Å². The molecule has 2 heterocycles. The van der Waals surface area contributed by atoms with E-state index in [1.165, 1.54) is 25.3 Å². The van der Waals surface area contributed by atoms with Gasteiger partial charge in [-0.15, -0.1) is 0 Å². The van der Waals surface area contributed by atoms with E-state index in [2.05, 4.69) is 38.0 Å². The van der Waals surface area contributed by atoms with Crippen LogP contribution in [0.5, 0.6) is 0 Å². The van der Waals surface area contributed by atoms with Crippen molar-refractivity contribution in [3.8, 4) is 0 Å². The second kappa shape index (κ2) is 10.2. The molecule has 0 bridgehead atoms. The van der Waals surface area contributed by atoms with Crippen LogP contribution in [-0.2, 0) is 4.79 Å². The van der Waals surface area contributed by atoms with Crippen LogP contribution in [0.3, 0.4) is 0 Å². The number of nitrogens with one attached hydrogen (secondary N) is 5. The summed E-state index contributed by atoms with van der Waals surface area (Å²) in [6.45, 7) is 4.85. The number of hydrogen-bond acceptors (Lipinski definition) is 4. The normalized spacial score (nSPS) is 16.2. The number of halogens is 3. The van der Waals surface area contributed by atoms with Crippen LogP contribution in [0.2, 0.25) is 0 Å². The van der Waals surface area contributed by atoms with E-state index in [4.69, 9.17) is 0 Å². The second-order valence-electron chi connectivity index (χ2n) is 7.82. The predicted molar refractivity (Wildman–Crippen MR) is 130 cm³/mol. The number of allylic oxidation sites excluding steroid dienone is 5. The summed E-state index contributed by atoms with van der Waals surface area (Å²) in [4.78, 5) is 25.3. The quantitative estimate of drug-likeness (QED) is 0.295. The van der Waals surface area contributed by atoms with Crippen molar-refractivity contribution in [1.29, 1.82) is 0 Å². The molecule has 1 aliphatic rings. The van der Waals surface area contributed by atoms with Crippen molar-refractivity contribution in [2.75, 3.05) is 10.6 Å². The van der Waals surface area contributed by atoms with Gasteiger partial charge in [0.25, 0.3) is 5.91 Å². The fraction of sp³-hybridized carbons (Fsp3) is 0.0800. The fourth-order valence-corrected chi connectivity index (χ4v) is 3.72. The van der Waals surface area contributed by atoms with Gasteiger partial charge in [0.1, 0.15) is 17.5 Å². The van der Waals surface area contributed by atoms with Gasteiger partial charge in [-0.05, 0) is 61.0 Å². The Balaban J connectivity index is 1.60. The third-order valence-corrected chi connectivity index (χ3v) is 5.32. The van der Waals surface area contributed by atoms with Crippen LogP contribution in [0, 0.1) is 11.6 Å². The molecule has 1 atom stereocenters. The number of nitrogens with zero attached hydrogens (tertiary/aromatic N) is 1. The maximum absolute atomic E-state index is 13.8. The lowest BCUT2D eigenvalue weighted by atomic mass is 9.94. The number of amides is 3. The lowest BCUT2D eigenvalue weighted by Gasteiger charge is -2.28. The van der Waals surface area contributed by atoms with Crippen molar-refractivity contribution < 1.29 is 22.8 Å². The zero-order valence-electron chi connectivity index (χ0n) is 19.0. The Morgan fingerprint density at radius 1 is 1.17 bits per heavy atom. The van der Waals surface area contributed by atoms with Crippen LogP contribution in [0.15, 0.2) is 84.5 Å². The summed E-state index contributed by atoms with van der Waals surface area (Å²) in [6, 6.07) is 6.13. The highest BCUT2D eigenvalue weighted by Crippen LogP contribution is 2.30. The zero-order chi connectivity index (χ0) is 25.8. The summed E-state index contributed by atoms with van der Waals surface area (Å²) in [7, 11) is 0. The van der Waals surface area contributed by atoms with E-state index in [0.717, 1.165) is 18.2 Å². The van der Waals surface area contributed by atoms with Gasteiger partial charge in [-0.2, -0.15) is 5.10 Å². The van der Waals surface area contributed by atoms with Crippen LogP contribution >= 0.6 is 0 Å². The summed E-state index contributed by atoms with van der Waals surface area (Å²) in [5, 5.41) is 18.4. The average Bonchev–Trinajstić information content (AvgIpc) is 3.22. The zero-order valence-corrected chi connectivity index (χ0v) is 19.0. The van der Waals surface area contributed by atoms with E-state index >= 15 is 0 Å². The third-order valence-electron chi connectivity index (χ3n) is 5.32. The minimum Gasteiger partial charge on any atom is -0.345 e. The third kappa shape index (κ3) is 5.30. The summed E-state index contributed by atoms with van der Waals surface area (Å²) in [6.07, 6.45) is 5.22. The average molecular weight is 494 g/mol. The standard InChI is InChI=1S/C25H21F3N6O2/c1-3-15(26)5-4-8-29-23-19-12-18(6-7-20(19)33-34-23)31-24(35)21-13(2)30-25(36)32-22(21)14-9-16(27)11-17(28)10-14/h3-12,22H,1H2,2H3,(H,31,35)(H2,29,33,34)(H2,30,32,36)/b8-4+,15-5+. The number of fused-ring (bicyclic) bond motifs is 1. The maximum atomic E-state index is 13.8. The Labute approximate surface area is 203 Å². The fourth-order valence-electron chi connectivity index (χ4n) is 3.72. The van der Waals surface area contributed by atoms with Gasteiger partial charge in [0.15, 0.2) is 5.82 Å². The lowest BCUT2D eigenvalue weighted by Crippen LogP contribution is -2.46. The second-order valence-corrected chi connectivity index (χ2v) is 7.82. The minimum absolute atomic E-state index is 0.0809. The number of H-pyrrole nitrogens is 1. The number of rotatable bonds is 7. The predicted octanol–water partition coefficient (Wildman–Crippen LogP) is 5.07. The Hall–Kier alpha value is -4.80. The van der Waals surface area contributed by atoms with Gasteiger partial charge in [-0.3, -0.25) is 9.89 Å². The molecule has 4 rings (SSSR count). The van der Waals surface area contributed by atoms with Crippen LogP contribution < -0.4 is 21.3 Å². The highest BCUT2D eigenvalue weighted by atomic mass is 19.1. The van der Waals surface area contributed by atoms with Gasteiger partial charge in [-0.1, -0.05) is 6.58 Å². The number of aromatic amines is 1. The molecule has 0 fully saturated rings. The lowest BCUT2D eigenvalue weighted by molar-refractivity contribution is -0.113. The van der Waals surface area contributed by atoms with Gasteiger partial charge in [0.2, 0.25) is 0 Å². The van der Waals surface area contributed by atoms with E-state index in [1.54, 1.807) is 18.2 Å². The molecule has 2 aromatic carbocycles. The molecular weight excluding hydrogens is 473 g/mol. The van der Waals surface area contributed by atoms with Crippen LogP contribution in [-0.4, -0.2) is 22.1 Å². The number of hydrogen-bond donors (Lipinski definition) is 5. The molecule has 0 spiro atoms. The first-order chi connectivity index (χ1) is 17.2. The van der Waals surface area contributed by atoms with Gasteiger partial charge in [0.05, 0.1) is 17.1 Å². The molecule has 8 nitrogen and oxygen atoms in total. The molecule has 0 aliphatic carbocycles. The number of aromatic nitrogens is 2. The Morgan fingerprint density at radius 2 is 1.92 bits per heavy atom. The summed E-state index contributed by atoms with van der Waals surface area (Å²) in [5.74, 6) is -2.33. The van der Waals surface area contributed by atoms with E-state index in [0.29, 0.717) is 28.5 Å². The van der Waals surface area contributed by atoms with Crippen molar-refractivity contribution >= 4 is 34.3 Å². The highest BCUT2D eigenvalue weighted by molar-refractivity contribution is 6.08. The molecule has 1 aromatic heterocycles. The Kier molecular flexibility index (Phi) is 6.91. The van der Waals surface area contributed by atoms with Crippen molar-refractivity contribution in [2.45, 2.75) is 13.0 Å². The highest BCUT2D eigenvalue weighted by Gasteiger charge is 2.32. The van der Waals surface area contributed by atoms with Gasteiger partial charge >= 0.3 is 6.03 Å². The first-order valence-corrected chi connectivity index (χ1v) is 10.7. The molecular formula is C25H21F3N6O2. The first-order valence-electron chi connectivity index (χ1n) is 10.7. The summed E-state index contributed by atoms with van der Waals surface area (Å²) >= 11 is 0. The molecule has 0 saturated heterocycles. The molecule has 11 heteroatoms. The SMILES string of the molecule is C=C/C(F)=C\C=C\Nc1n[nH]c2ccc(NC(=O)C3=C(C)NC(=O)NC3c3cc(F)cc(F)c3)cc12. The van der Waals surface area contributed by atoms with Crippen LogP contribution in [0.1, 0.15) is 18.5 Å². The van der Waals surface area contributed by atoms with Crippen molar-refractivity contribution in [3.05, 3.63) is 102 Å². The Bertz CT molecular complexity index is 1440. The molecule has 5 N–H and O–H groups in total. The summed E-state index contributed by atoms with van der Waals surface area (Å²) in [5.41, 5.74) is 1.48. The smallest absolute Gasteiger partial charge is 0.319 e. The number of carbonyl (C=O) groups excluding carboxylic acids is 2. The number of carbonyl (C=O) groups is 2.